The number of benzene rings is 1. The summed E-state index contributed by atoms with van der Waals surface area (Å²) in [6.07, 6.45) is 1.45. The molecule has 0 aliphatic rings. The first-order chi connectivity index (χ1) is 12.0. The standard InChI is InChI=1S/C17H16BrN3O4/c1-11-8-12(18)5-6-13(11)21-15(22)9-20-16(23)10-25-17(24)14-4-2-3-7-19-14/h2-8H,9-10H2,1H3,(H,20,23)(H,21,22). The van der Waals surface area contributed by atoms with E-state index in [1.54, 1.807) is 24.3 Å². The number of aromatic nitrogens is 1. The van der Waals surface area contributed by atoms with Gasteiger partial charge in [0.2, 0.25) is 5.91 Å². The van der Waals surface area contributed by atoms with E-state index in [1.165, 1.54) is 12.3 Å². The second kappa shape index (κ2) is 8.93. The lowest BCUT2D eigenvalue weighted by molar-refractivity contribution is -0.126. The summed E-state index contributed by atoms with van der Waals surface area (Å²) in [6.45, 7) is 1.14. The Bertz CT molecular complexity index is 781. The number of amides is 2. The van der Waals surface area contributed by atoms with Crippen LogP contribution in [0.25, 0.3) is 0 Å². The van der Waals surface area contributed by atoms with E-state index in [4.69, 9.17) is 4.74 Å². The summed E-state index contributed by atoms with van der Waals surface area (Å²) in [6, 6.07) is 10.2. The Labute approximate surface area is 152 Å². The number of hydrogen-bond acceptors (Lipinski definition) is 5. The molecule has 2 aromatic rings. The first kappa shape index (κ1) is 18.6. The number of nitrogens with one attached hydrogen (secondary N) is 2. The van der Waals surface area contributed by atoms with Gasteiger partial charge in [0.15, 0.2) is 6.61 Å². The van der Waals surface area contributed by atoms with Crippen molar-refractivity contribution in [2.24, 2.45) is 0 Å². The predicted octanol–water partition coefficient (Wildman–Crippen LogP) is 2.06. The molecule has 0 atom stereocenters. The van der Waals surface area contributed by atoms with Crippen molar-refractivity contribution in [1.29, 1.82) is 0 Å². The third kappa shape index (κ3) is 6.00. The second-order valence-corrected chi connectivity index (χ2v) is 5.99. The highest BCUT2D eigenvalue weighted by molar-refractivity contribution is 9.10. The number of carbonyl (C=O) groups excluding carboxylic acids is 3. The van der Waals surface area contributed by atoms with Crippen molar-refractivity contribution >= 4 is 39.4 Å². The molecule has 25 heavy (non-hydrogen) atoms. The number of hydrogen-bond donors (Lipinski definition) is 2. The van der Waals surface area contributed by atoms with Crippen molar-refractivity contribution in [3.63, 3.8) is 0 Å². The summed E-state index contributed by atoms with van der Waals surface area (Å²) >= 11 is 3.34. The van der Waals surface area contributed by atoms with Crippen LogP contribution < -0.4 is 10.6 Å². The number of ether oxygens (including phenoxy) is 1. The number of anilines is 1. The SMILES string of the molecule is Cc1cc(Br)ccc1NC(=O)CNC(=O)COC(=O)c1ccccn1. The van der Waals surface area contributed by atoms with Gasteiger partial charge in [-0.1, -0.05) is 22.0 Å². The zero-order valence-corrected chi connectivity index (χ0v) is 15.0. The first-order valence-electron chi connectivity index (χ1n) is 7.36. The van der Waals surface area contributed by atoms with Gasteiger partial charge in [-0.25, -0.2) is 9.78 Å². The monoisotopic (exact) mass is 405 g/mol. The molecule has 2 amide bonds. The highest BCUT2D eigenvalue weighted by Crippen LogP contribution is 2.19. The molecular formula is C17H16BrN3O4. The molecule has 1 heterocycles. The third-order valence-electron chi connectivity index (χ3n) is 3.12. The third-order valence-corrected chi connectivity index (χ3v) is 3.61. The molecule has 2 N–H and O–H groups in total. The molecule has 0 saturated heterocycles. The van der Waals surface area contributed by atoms with E-state index < -0.39 is 18.5 Å². The van der Waals surface area contributed by atoms with Crippen molar-refractivity contribution in [1.82, 2.24) is 10.3 Å². The Morgan fingerprint density at radius 3 is 2.64 bits per heavy atom. The Morgan fingerprint density at radius 1 is 1.16 bits per heavy atom. The first-order valence-corrected chi connectivity index (χ1v) is 8.16. The van der Waals surface area contributed by atoms with Crippen molar-refractivity contribution < 1.29 is 19.1 Å². The molecule has 0 fully saturated rings. The predicted molar refractivity (Wildman–Crippen MR) is 95.0 cm³/mol. The van der Waals surface area contributed by atoms with Crippen LogP contribution in [-0.2, 0) is 14.3 Å². The lowest BCUT2D eigenvalue weighted by Crippen LogP contribution is -2.35. The van der Waals surface area contributed by atoms with Crippen LogP contribution in [0.2, 0.25) is 0 Å². The summed E-state index contributed by atoms with van der Waals surface area (Å²) in [4.78, 5) is 39.0. The van der Waals surface area contributed by atoms with Crippen LogP contribution >= 0.6 is 15.9 Å². The van der Waals surface area contributed by atoms with Gasteiger partial charge in [0, 0.05) is 16.4 Å². The zero-order chi connectivity index (χ0) is 18.2. The molecule has 0 radical (unpaired) electrons. The molecule has 2 rings (SSSR count). The van der Waals surface area contributed by atoms with Crippen LogP contribution in [-0.4, -0.2) is 35.9 Å². The van der Waals surface area contributed by atoms with Crippen LogP contribution in [0.15, 0.2) is 47.1 Å². The summed E-state index contributed by atoms with van der Waals surface area (Å²) in [5.74, 6) is -1.66. The van der Waals surface area contributed by atoms with E-state index in [0.29, 0.717) is 5.69 Å². The van der Waals surface area contributed by atoms with Gasteiger partial charge in [0.1, 0.15) is 5.69 Å². The van der Waals surface area contributed by atoms with E-state index in [-0.39, 0.29) is 18.1 Å². The highest BCUT2D eigenvalue weighted by Gasteiger charge is 2.12. The maximum atomic E-state index is 11.9. The van der Waals surface area contributed by atoms with E-state index >= 15 is 0 Å². The van der Waals surface area contributed by atoms with Gasteiger partial charge in [-0.05, 0) is 42.8 Å². The Balaban J connectivity index is 1.74. The molecule has 0 spiro atoms. The average molecular weight is 406 g/mol. The van der Waals surface area contributed by atoms with Crippen LogP contribution in [0.4, 0.5) is 5.69 Å². The lowest BCUT2D eigenvalue weighted by Gasteiger charge is -2.10. The minimum Gasteiger partial charge on any atom is -0.451 e. The minimum atomic E-state index is -0.703. The van der Waals surface area contributed by atoms with Gasteiger partial charge in [-0.3, -0.25) is 9.59 Å². The number of nitrogens with zero attached hydrogens (tertiary/aromatic N) is 1. The summed E-state index contributed by atoms with van der Waals surface area (Å²) < 4.78 is 5.73. The van der Waals surface area contributed by atoms with Gasteiger partial charge in [-0.2, -0.15) is 0 Å². The molecule has 0 bridgehead atoms. The minimum absolute atomic E-state index is 0.110. The van der Waals surface area contributed by atoms with Crippen LogP contribution in [0.1, 0.15) is 16.1 Å². The molecule has 130 valence electrons. The maximum Gasteiger partial charge on any atom is 0.357 e. The van der Waals surface area contributed by atoms with Gasteiger partial charge in [0.05, 0.1) is 6.54 Å². The topological polar surface area (TPSA) is 97.4 Å². The number of aryl methyl sites for hydroxylation is 1. The molecule has 7 nitrogen and oxygen atoms in total. The van der Waals surface area contributed by atoms with Gasteiger partial charge in [0.25, 0.3) is 5.91 Å². The Hall–Kier alpha value is -2.74. The molecule has 1 aromatic carbocycles. The average Bonchev–Trinajstić information content (AvgIpc) is 2.61. The van der Waals surface area contributed by atoms with Crippen LogP contribution in [0.3, 0.4) is 0 Å². The zero-order valence-electron chi connectivity index (χ0n) is 13.4. The van der Waals surface area contributed by atoms with Crippen molar-refractivity contribution in [2.75, 3.05) is 18.5 Å². The molecule has 8 heteroatoms. The summed E-state index contributed by atoms with van der Waals surface area (Å²) in [7, 11) is 0. The van der Waals surface area contributed by atoms with Crippen LogP contribution in [0, 0.1) is 6.92 Å². The molecule has 0 aliphatic heterocycles. The van der Waals surface area contributed by atoms with Crippen molar-refractivity contribution in [2.45, 2.75) is 6.92 Å². The lowest BCUT2D eigenvalue weighted by atomic mass is 10.2. The second-order valence-electron chi connectivity index (χ2n) is 5.08. The number of halogens is 1. The normalized spacial score (nSPS) is 10.0. The largest absolute Gasteiger partial charge is 0.451 e. The molecular weight excluding hydrogens is 390 g/mol. The fourth-order valence-electron chi connectivity index (χ4n) is 1.88. The van der Waals surface area contributed by atoms with E-state index in [1.807, 2.05) is 13.0 Å². The van der Waals surface area contributed by atoms with Gasteiger partial charge >= 0.3 is 5.97 Å². The summed E-state index contributed by atoms with van der Waals surface area (Å²) in [5, 5.41) is 5.07. The Morgan fingerprint density at radius 2 is 1.96 bits per heavy atom. The highest BCUT2D eigenvalue weighted by atomic mass is 79.9. The fourth-order valence-corrected chi connectivity index (χ4v) is 2.36. The molecule has 0 unspecified atom stereocenters. The number of rotatable bonds is 6. The maximum absolute atomic E-state index is 11.9. The van der Waals surface area contributed by atoms with E-state index in [2.05, 4.69) is 31.5 Å². The number of pyridine rings is 1. The van der Waals surface area contributed by atoms with Crippen LogP contribution in [0.5, 0.6) is 0 Å². The van der Waals surface area contributed by atoms with Crippen molar-refractivity contribution in [3.05, 3.63) is 58.3 Å². The quantitative estimate of drug-likeness (QED) is 0.716. The number of carbonyl (C=O) groups is 3. The number of esters is 1. The van der Waals surface area contributed by atoms with E-state index in [0.717, 1.165) is 10.0 Å². The smallest absolute Gasteiger partial charge is 0.357 e. The summed E-state index contributed by atoms with van der Waals surface area (Å²) in [5.41, 5.74) is 1.65. The van der Waals surface area contributed by atoms with Gasteiger partial charge in [-0.15, -0.1) is 0 Å². The Kier molecular flexibility index (Phi) is 6.64. The molecule has 1 aromatic heterocycles. The fraction of sp³-hybridized carbons (Fsp3) is 0.176. The van der Waals surface area contributed by atoms with E-state index in [9.17, 15) is 14.4 Å². The van der Waals surface area contributed by atoms with Gasteiger partial charge < -0.3 is 15.4 Å². The molecule has 0 saturated carbocycles. The van der Waals surface area contributed by atoms with Crippen molar-refractivity contribution in [3.8, 4) is 0 Å². The molecule has 0 aliphatic carbocycles.